The summed E-state index contributed by atoms with van der Waals surface area (Å²) in [5, 5.41) is 2.79. The highest BCUT2D eigenvalue weighted by Gasteiger charge is 2.09. The highest BCUT2D eigenvalue weighted by atomic mass is 16.3. The maximum atomic E-state index is 11.7. The molecule has 5 heteroatoms. The van der Waals surface area contributed by atoms with Gasteiger partial charge in [-0.1, -0.05) is 18.2 Å². The van der Waals surface area contributed by atoms with E-state index in [1.54, 1.807) is 30.7 Å². The lowest BCUT2D eigenvalue weighted by Crippen LogP contribution is -2.23. The van der Waals surface area contributed by atoms with Crippen LogP contribution in [0.2, 0.25) is 0 Å². The summed E-state index contributed by atoms with van der Waals surface area (Å²) in [4.78, 5) is 23.0. The molecule has 1 aromatic heterocycles. The van der Waals surface area contributed by atoms with Gasteiger partial charge in [-0.15, -0.1) is 0 Å². The third-order valence-electron chi connectivity index (χ3n) is 2.97. The Balaban J connectivity index is 1.85. The van der Waals surface area contributed by atoms with Crippen molar-refractivity contribution >= 4 is 11.8 Å². The van der Waals surface area contributed by atoms with E-state index >= 15 is 0 Å². The van der Waals surface area contributed by atoms with E-state index in [0.29, 0.717) is 24.9 Å². The van der Waals surface area contributed by atoms with E-state index < -0.39 is 5.91 Å². The number of primary amides is 1. The van der Waals surface area contributed by atoms with Crippen LogP contribution in [-0.4, -0.2) is 11.8 Å². The molecule has 3 N–H and O–H groups in total. The molecule has 0 spiro atoms. The van der Waals surface area contributed by atoms with Gasteiger partial charge < -0.3 is 15.5 Å². The molecule has 0 fully saturated rings. The van der Waals surface area contributed by atoms with Crippen LogP contribution in [-0.2, 0) is 17.8 Å². The lowest BCUT2D eigenvalue weighted by atomic mass is 10.0. The average molecular weight is 272 g/mol. The normalized spacial score (nSPS) is 10.2. The Hall–Kier alpha value is -2.56. The first-order valence-electron chi connectivity index (χ1n) is 6.32. The Kier molecular flexibility index (Phi) is 4.55. The van der Waals surface area contributed by atoms with Crippen molar-refractivity contribution in [1.29, 1.82) is 0 Å². The molecule has 0 saturated heterocycles. The fourth-order valence-electron chi connectivity index (χ4n) is 1.91. The first-order valence-corrected chi connectivity index (χ1v) is 6.32. The molecule has 0 atom stereocenters. The Morgan fingerprint density at radius 2 is 2.00 bits per heavy atom. The van der Waals surface area contributed by atoms with Gasteiger partial charge in [-0.2, -0.15) is 0 Å². The summed E-state index contributed by atoms with van der Waals surface area (Å²) in [6, 6.07) is 8.85. The number of amides is 2. The van der Waals surface area contributed by atoms with Gasteiger partial charge in [0.2, 0.25) is 11.8 Å². The SMILES string of the molecule is NC(=O)c1ccccc1CCC(=O)NCc1ccoc1. The van der Waals surface area contributed by atoms with Crippen LogP contribution in [0.4, 0.5) is 0 Å². The third kappa shape index (κ3) is 3.71. The molecule has 5 nitrogen and oxygen atoms in total. The van der Waals surface area contributed by atoms with Crippen molar-refractivity contribution in [3.05, 3.63) is 59.5 Å². The maximum absolute atomic E-state index is 11.7. The van der Waals surface area contributed by atoms with E-state index in [-0.39, 0.29) is 5.91 Å². The molecule has 2 rings (SSSR count). The number of hydrogen-bond donors (Lipinski definition) is 2. The zero-order chi connectivity index (χ0) is 14.4. The molecule has 1 heterocycles. The minimum Gasteiger partial charge on any atom is -0.472 e. The number of nitrogens with one attached hydrogen (secondary N) is 1. The molecule has 0 unspecified atom stereocenters. The van der Waals surface area contributed by atoms with Crippen LogP contribution in [0.15, 0.2) is 47.3 Å². The molecule has 0 aliphatic carbocycles. The Morgan fingerprint density at radius 3 is 2.70 bits per heavy atom. The number of rotatable bonds is 6. The lowest BCUT2D eigenvalue weighted by Gasteiger charge is -2.07. The number of hydrogen-bond acceptors (Lipinski definition) is 3. The van der Waals surface area contributed by atoms with Crippen LogP contribution in [0, 0.1) is 0 Å². The van der Waals surface area contributed by atoms with Gasteiger partial charge in [-0.05, 0) is 24.1 Å². The van der Waals surface area contributed by atoms with Gasteiger partial charge in [0.1, 0.15) is 0 Å². The average Bonchev–Trinajstić information content (AvgIpc) is 2.96. The summed E-state index contributed by atoms with van der Waals surface area (Å²) in [6.45, 7) is 0.437. The zero-order valence-electron chi connectivity index (χ0n) is 11.0. The molecule has 1 aromatic carbocycles. The van der Waals surface area contributed by atoms with Gasteiger partial charge in [-0.25, -0.2) is 0 Å². The number of nitrogens with two attached hydrogens (primary N) is 1. The Morgan fingerprint density at radius 1 is 1.20 bits per heavy atom. The summed E-state index contributed by atoms with van der Waals surface area (Å²) < 4.78 is 4.92. The number of furan rings is 1. The van der Waals surface area contributed by atoms with Crippen LogP contribution >= 0.6 is 0 Å². The summed E-state index contributed by atoms with van der Waals surface area (Å²) in [6.07, 6.45) is 3.94. The Labute approximate surface area is 116 Å². The number of benzene rings is 1. The van der Waals surface area contributed by atoms with Crippen molar-refractivity contribution < 1.29 is 14.0 Å². The van der Waals surface area contributed by atoms with Crippen molar-refractivity contribution in [2.45, 2.75) is 19.4 Å². The molecule has 20 heavy (non-hydrogen) atoms. The standard InChI is InChI=1S/C15H16N2O3/c16-15(19)13-4-2-1-3-12(13)5-6-14(18)17-9-11-7-8-20-10-11/h1-4,7-8,10H,5-6,9H2,(H2,16,19)(H,17,18). The highest BCUT2D eigenvalue weighted by molar-refractivity contribution is 5.94. The summed E-state index contributed by atoms with van der Waals surface area (Å²) in [7, 11) is 0. The quantitative estimate of drug-likeness (QED) is 0.838. The summed E-state index contributed by atoms with van der Waals surface area (Å²) in [5.41, 5.74) is 7.46. The molecular weight excluding hydrogens is 256 g/mol. The van der Waals surface area contributed by atoms with Crippen molar-refractivity contribution in [1.82, 2.24) is 5.32 Å². The van der Waals surface area contributed by atoms with E-state index in [9.17, 15) is 9.59 Å². The first kappa shape index (κ1) is 13.9. The van der Waals surface area contributed by atoms with Crippen molar-refractivity contribution in [2.75, 3.05) is 0 Å². The van der Waals surface area contributed by atoms with Gasteiger partial charge in [0.05, 0.1) is 12.5 Å². The number of aryl methyl sites for hydroxylation is 1. The van der Waals surface area contributed by atoms with E-state index in [4.69, 9.17) is 10.2 Å². The van der Waals surface area contributed by atoms with Crippen molar-refractivity contribution in [3.8, 4) is 0 Å². The predicted molar refractivity (Wildman–Crippen MR) is 73.8 cm³/mol. The zero-order valence-corrected chi connectivity index (χ0v) is 11.0. The molecule has 0 saturated carbocycles. The van der Waals surface area contributed by atoms with Crippen LogP contribution in [0.5, 0.6) is 0 Å². The second kappa shape index (κ2) is 6.56. The molecule has 0 bridgehead atoms. The minimum atomic E-state index is -0.473. The van der Waals surface area contributed by atoms with Gasteiger partial charge in [0, 0.05) is 24.1 Å². The summed E-state index contributed by atoms with van der Waals surface area (Å²) in [5.74, 6) is -0.551. The fourth-order valence-corrected chi connectivity index (χ4v) is 1.91. The second-order valence-corrected chi connectivity index (χ2v) is 4.43. The molecule has 2 aromatic rings. The topological polar surface area (TPSA) is 85.3 Å². The number of carbonyl (C=O) groups excluding carboxylic acids is 2. The van der Waals surface area contributed by atoms with Gasteiger partial charge in [-0.3, -0.25) is 9.59 Å². The van der Waals surface area contributed by atoms with Gasteiger partial charge >= 0.3 is 0 Å². The van der Waals surface area contributed by atoms with E-state index in [1.807, 2.05) is 12.1 Å². The monoisotopic (exact) mass is 272 g/mol. The first-order chi connectivity index (χ1) is 9.66. The van der Waals surface area contributed by atoms with Crippen LogP contribution < -0.4 is 11.1 Å². The maximum Gasteiger partial charge on any atom is 0.248 e. The number of carbonyl (C=O) groups is 2. The van der Waals surface area contributed by atoms with Crippen molar-refractivity contribution in [2.24, 2.45) is 5.73 Å². The minimum absolute atomic E-state index is 0.0783. The fraction of sp³-hybridized carbons (Fsp3) is 0.200. The molecule has 104 valence electrons. The Bertz CT molecular complexity index is 591. The van der Waals surface area contributed by atoms with E-state index in [1.165, 1.54) is 0 Å². The van der Waals surface area contributed by atoms with Gasteiger partial charge in [0.25, 0.3) is 0 Å². The van der Waals surface area contributed by atoms with Crippen LogP contribution in [0.25, 0.3) is 0 Å². The molecule has 2 amide bonds. The van der Waals surface area contributed by atoms with Crippen LogP contribution in [0.1, 0.15) is 27.9 Å². The van der Waals surface area contributed by atoms with Crippen molar-refractivity contribution in [3.63, 3.8) is 0 Å². The third-order valence-corrected chi connectivity index (χ3v) is 2.97. The van der Waals surface area contributed by atoms with E-state index in [2.05, 4.69) is 5.32 Å². The second-order valence-electron chi connectivity index (χ2n) is 4.43. The smallest absolute Gasteiger partial charge is 0.248 e. The summed E-state index contributed by atoms with van der Waals surface area (Å²) >= 11 is 0. The molecule has 0 aliphatic rings. The molecule has 0 aliphatic heterocycles. The molecular formula is C15H16N2O3. The highest BCUT2D eigenvalue weighted by Crippen LogP contribution is 2.10. The largest absolute Gasteiger partial charge is 0.472 e. The van der Waals surface area contributed by atoms with E-state index in [0.717, 1.165) is 11.1 Å². The van der Waals surface area contributed by atoms with Gasteiger partial charge in [0.15, 0.2) is 0 Å². The lowest BCUT2D eigenvalue weighted by molar-refractivity contribution is -0.121. The predicted octanol–water partition coefficient (Wildman–Crippen LogP) is 1.63. The van der Waals surface area contributed by atoms with Crippen LogP contribution in [0.3, 0.4) is 0 Å². The molecule has 0 radical (unpaired) electrons.